The van der Waals surface area contributed by atoms with Gasteiger partial charge in [-0.2, -0.15) is 4.98 Å². The normalized spacial score (nSPS) is 33.1. The van der Waals surface area contributed by atoms with Gasteiger partial charge in [0.1, 0.15) is 6.04 Å². The van der Waals surface area contributed by atoms with Crippen LogP contribution in [-0.2, 0) is 10.3 Å². The number of amides is 1. The van der Waals surface area contributed by atoms with Crippen LogP contribution >= 0.6 is 24.2 Å². The summed E-state index contributed by atoms with van der Waals surface area (Å²) in [6.45, 7) is 2.13. The maximum Gasteiger partial charge on any atom is 0.250 e. The van der Waals surface area contributed by atoms with E-state index in [0.717, 1.165) is 37.9 Å². The molecule has 0 radical (unpaired) electrons. The van der Waals surface area contributed by atoms with Crippen molar-refractivity contribution in [3.05, 3.63) is 11.7 Å². The highest BCUT2D eigenvalue weighted by Crippen LogP contribution is 2.52. The number of carbonyl (C=O) groups is 1. The van der Waals surface area contributed by atoms with Crippen LogP contribution < -0.4 is 5.73 Å². The molecule has 122 valence electrons. The molecule has 2 atom stereocenters. The summed E-state index contributed by atoms with van der Waals surface area (Å²) in [6.07, 6.45) is 5.55. The lowest BCUT2D eigenvalue weighted by Gasteiger charge is -2.28. The Labute approximate surface area is 140 Å². The van der Waals surface area contributed by atoms with Crippen molar-refractivity contribution in [2.75, 3.05) is 5.75 Å². The zero-order valence-corrected chi connectivity index (χ0v) is 14.2. The fourth-order valence-electron chi connectivity index (χ4n) is 3.81. The molecule has 1 saturated carbocycles. The molecule has 3 heterocycles. The molecule has 6 nitrogen and oxygen atoms in total. The second kappa shape index (κ2) is 5.39. The van der Waals surface area contributed by atoms with Crippen LogP contribution in [0.1, 0.15) is 63.2 Å². The maximum absolute atomic E-state index is 12.2. The quantitative estimate of drug-likeness (QED) is 0.886. The van der Waals surface area contributed by atoms with E-state index in [4.69, 9.17) is 10.3 Å². The molecule has 3 fully saturated rings. The second-order valence-corrected chi connectivity index (χ2v) is 8.09. The highest BCUT2D eigenvalue weighted by molar-refractivity contribution is 8.00. The van der Waals surface area contributed by atoms with Crippen molar-refractivity contribution in [2.24, 2.45) is 5.73 Å². The summed E-state index contributed by atoms with van der Waals surface area (Å²) in [5, 5.41) is 4.12. The van der Waals surface area contributed by atoms with Crippen molar-refractivity contribution in [1.29, 1.82) is 0 Å². The van der Waals surface area contributed by atoms with Gasteiger partial charge in [-0.25, -0.2) is 0 Å². The van der Waals surface area contributed by atoms with Gasteiger partial charge >= 0.3 is 0 Å². The van der Waals surface area contributed by atoms with Crippen molar-refractivity contribution in [1.82, 2.24) is 15.0 Å². The first-order chi connectivity index (χ1) is 10.0. The summed E-state index contributed by atoms with van der Waals surface area (Å²) >= 11 is 1.81. The van der Waals surface area contributed by atoms with Crippen molar-refractivity contribution in [2.45, 2.75) is 61.9 Å². The van der Waals surface area contributed by atoms with Crippen LogP contribution in [-0.4, -0.2) is 31.6 Å². The summed E-state index contributed by atoms with van der Waals surface area (Å²) in [7, 11) is 0. The fraction of sp³-hybridized carbons (Fsp3) is 0.786. The summed E-state index contributed by atoms with van der Waals surface area (Å²) in [4.78, 5) is 18.6. The van der Waals surface area contributed by atoms with E-state index in [0.29, 0.717) is 18.1 Å². The third-order valence-electron chi connectivity index (χ3n) is 5.11. The summed E-state index contributed by atoms with van der Waals surface area (Å²) in [5.41, 5.74) is 5.94. The van der Waals surface area contributed by atoms with Gasteiger partial charge in [-0.3, -0.25) is 4.79 Å². The van der Waals surface area contributed by atoms with E-state index in [1.54, 1.807) is 0 Å². The minimum absolute atomic E-state index is 0. The van der Waals surface area contributed by atoms with Crippen LogP contribution in [0.5, 0.6) is 0 Å². The first-order valence-electron chi connectivity index (χ1n) is 7.61. The lowest BCUT2D eigenvalue weighted by molar-refractivity contribution is -0.131. The smallest absolute Gasteiger partial charge is 0.250 e. The van der Waals surface area contributed by atoms with Crippen LogP contribution in [0, 0.1) is 0 Å². The number of aromatic nitrogens is 2. The average molecular weight is 345 g/mol. The van der Waals surface area contributed by atoms with Crippen LogP contribution in [0.3, 0.4) is 0 Å². The Hall–Kier alpha value is -0.790. The molecular weight excluding hydrogens is 324 g/mol. The van der Waals surface area contributed by atoms with Crippen LogP contribution in [0.15, 0.2) is 4.52 Å². The number of hydrogen-bond donors (Lipinski definition) is 1. The molecule has 2 unspecified atom stereocenters. The zero-order valence-electron chi connectivity index (χ0n) is 12.6. The van der Waals surface area contributed by atoms with Crippen LogP contribution in [0.2, 0.25) is 0 Å². The van der Waals surface area contributed by atoms with Gasteiger partial charge in [-0.15, -0.1) is 24.2 Å². The predicted octanol–water partition coefficient (Wildman–Crippen LogP) is 2.35. The molecule has 22 heavy (non-hydrogen) atoms. The van der Waals surface area contributed by atoms with Gasteiger partial charge in [0, 0.05) is 12.2 Å². The predicted molar refractivity (Wildman–Crippen MR) is 85.6 cm³/mol. The summed E-state index contributed by atoms with van der Waals surface area (Å²) < 4.78 is 5.48. The molecule has 0 bridgehead atoms. The van der Waals surface area contributed by atoms with Crippen molar-refractivity contribution >= 4 is 30.1 Å². The lowest BCUT2D eigenvalue weighted by atomic mass is 9.99. The highest BCUT2D eigenvalue weighted by Gasteiger charge is 2.53. The zero-order chi connectivity index (χ0) is 14.7. The van der Waals surface area contributed by atoms with E-state index >= 15 is 0 Å². The molecule has 0 spiro atoms. The third-order valence-corrected chi connectivity index (χ3v) is 6.62. The first kappa shape index (κ1) is 16.1. The van der Waals surface area contributed by atoms with Gasteiger partial charge in [0.2, 0.25) is 11.8 Å². The van der Waals surface area contributed by atoms with E-state index in [1.807, 2.05) is 16.7 Å². The van der Waals surface area contributed by atoms with E-state index in [9.17, 15) is 4.79 Å². The minimum atomic E-state index is -0.439. The van der Waals surface area contributed by atoms with Crippen molar-refractivity contribution in [3.8, 4) is 0 Å². The van der Waals surface area contributed by atoms with E-state index < -0.39 is 5.54 Å². The van der Waals surface area contributed by atoms with Crippen molar-refractivity contribution in [3.63, 3.8) is 0 Å². The molecule has 2 N–H and O–H groups in total. The van der Waals surface area contributed by atoms with Gasteiger partial charge < -0.3 is 15.2 Å². The summed E-state index contributed by atoms with van der Waals surface area (Å²) in [6, 6.07) is -0.0961. The third kappa shape index (κ3) is 2.25. The average Bonchev–Trinajstić information content (AvgIpc) is 3.17. The molecule has 0 aromatic carbocycles. The molecule has 2 aliphatic heterocycles. The molecular formula is C14H21ClN4O2S. The number of carbonyl (C=O) groups excluding carboxylic acids is 1. The maximum atomic E-state index is 12.2. The fourth-order valence-corrected chi connectivity index (χ4v) is 5.23. The number of fused-ring (bicyclic) bond motifs is 1. The standard InChI is InChI=1S/C14H20N4O2S.ClH/c1-13-7-4-10(19)18(13)9(8-21-13)11-16-12(17-20-11)14(15)5-2-3-6-14;/h9H,2-8,15H2,1H3;1H. The Kier molecular flexibility index (Phi) is 3.94. The first-order valence-corrected chi connectivity index (χ1v) is 8.60. The number of nitrogens with two attached hydrogens (primary N) is 1. The lowest BCUT2D eigenvalue weighted by Crippen LogP contribution is -2.38. The number of hydrogen-bond acceptors (Lipinski definition) is 6. The topological polar surface area (TPSA) is 85.2 Å². The Balaban J connectivity index is 0.00000144. The Morgan fingerprint density at radius 3 is 2.82 bits per heavy atom. The minimum Gasteiger partial charge on any atom is -0.337 e. The van der Waals surface area contributed by atoms with Crippen molar-refractivity contribution < 1.29 is 9.32 Å². The molecule has 8 heteroatoms. The number of nitrogens with zero attached hydrogens (tertiary/aromatic N) is 3. The SMILES string of the molecule is CC12CCC(=O)N1C(c1nc(C3(N)CCCC3)no1)CS2.Cl. The molecule has 3 aliphatic rings. The highest BCUT2D eigenvalue weighted by atomic mass is 35.5. The number of halogens is 1. The Morgan fingerprint density at radius 2 is 2.09 bits per heavy atom. The molecule has 4 rings (SSSR count). The molecule has 1 aliphatic carbocycles. The van der Waals surface area contributed by atoms with E-state index in [2.05, 4.69) is 17.1 Å². The molecule has 1 aromatic rings. The van der Waals surface area contributed by atoms with E-state index in [1.165, 1.54) is 0 Å². The molecule has 2 saturated heterocycles. The van der Waals surface area contributed by atoms with E-state index in [-0.39, 0.29) is 29.2 Å². The molecule has 1 aromatic heterocycles. The van der Waals surface area contributed by atoms with Gasteiger partial charge in [0.15, 0.2) is 5.82 Å². The van der Waals surface area contributed by atoms with Crippen LogP contribution in [0.4, 0.5) is 0 Å². The van der Waals surface area contributed by atoms with Gasteiger partial charge in [-0.05, 0) is 26.2 Å². The Morgan fingerprint density at radius 1 is 1.36 bits per heavy atom. The second-order valence-electron chi connectivity index (χ2n) is 6.59. The summed E-state index contributed by atoms with van der Waals surface area (Å²) in [5.74, 6) is 2.17. The number of rotatable bonds is 2. The Bertz CT molecular complexity index is 589. The van der Waals surface area contributed by atoms with Gasteiger partial charge in [0.05, 0.1) is 10.4 Å². The van der Waals surface area contributed by atoms with Gasteiger partial charge in [-0.1, -0.05) is 18.0 Å². The number of thioether (sulfide) groups is 1. The monoisotopic (exact) mass is 344 g/mol. The van der Waals surface area contributed by atoms with Crippen LogP contribution in [0.25, 0.3) is 0 Å². The molecule has 1 amide bonds. The van der Waals surface area contributed by atoms with Gasteiger partial charge in [0.25, 0.3) is 0 Å². The largest absolute Gasteiger partial charge is 0.337 e.